The minimum absolute atomic E-state index is 0.139. The van der Waals surface area contributed by atoms with Crippen LogP contribution in [0.1, 0.15) is 12.8 Å². The smallest absolute Gasteiger partial charge is 0.248 e. The summed E-state index contributed by atoms with van der Waals surface area (Å²) in [5, 5.41) is 3.56. The number of carbonyl (C=O) groups is 1. The van der Waals surface area contributed by atoms with E-state index in [1.165, 1.54) is 16.4 Å². The number of nitrogens with one attached hydrogen (secondary N) is 2. The van der Waals surface area contributed by atoms with Crippen molar-refractivity contribution in [2.75, 3.05) is 24.7 Å². The zero-order valence-corrected chi connectivity index (χ0v) is 18.6. The molecule has 1 aromatic heterocycles. The summed E-state index contributed by atoms with van der Waals surface area (Å²) in [5.41, 5.74) is 1.05. The van der Waals surface area contributed by atoms with E-state index in [-0.39, 0.29) is 22.9 Å². The van der Waals surface area contributed by atoms with Crippen LogP contribution in [0.2, 0.25) is 0 Å². The fraction of sp³-hybridized carbons (Fsp3) is 0.273. The normalized spacial score (nSPS) is 17.5. The number of carbonyl (C=O) groups excluding carboxylic acids is 1. The molecule has 1 aliphatic heterocycles. The second-order valence-corrected chi connectivity index (χ2v) is 10.3. The molecule has 162 valence electrons. The zero-order chi connectivity index (χ0) is 22.0. The first-order chi connectivity index (χ1) is 14.9. The van der Waals surface area contributed by atoms with Crippen LogP contribution in [-0.2, 0) is 14.8 Å². The molecular weight excluding hydrogens is 434 g/mol. The number of amides is 1. The average molecular weight is 458 g/mol. The Morgan fingerprint density at radius 3 is 2.81 bits per heavy atom. The number of hydrogen-bond donors (Lipinski definition) is 2. The van der Waals surface area contributed by atoms with Crippen LogP contribution in [0.3, 0.4) is 0 Å². The maximum atomic E-state index is 13.2. The molecule has 9 heteroatoms. The van der Waals surface area contributed by atoms with Crippen LogP contribution in [-0.4, -0.2) is 43.0 Å². The van der Waals surface area contributed by atoms with E-state index in [9.17, 15) is 18.0 Å². The molecular formula is C22H23N3O4S2. The fourth-order valence-electron chi connectivity index (χ4n) is 3.76. The van der Waals surface area contributed by atoms with Gasteiger partial charge in [-0.15, -0.1) is 11.8 Å². The molecule has 31 heavy (non-hydrogen) atoms. The third-order valence-corrected chi connectivity index (χ3v) is 8.01. The number of thioether (sulfide) groups is 1. The Labute approximate surface area is 184 Å². The number of aromatic nitrogens is 1. The highest BCUT2D eigenvalue weighted by Gasteiger charge is 2.33. The van der Waals surface area contributed by atoms with Crippen molar-refractivity contribution in [2.45, 2.75) is 22.6 Å². The summed E-state index contributed by atoms with van der Waals surface area (Å²) < 4.78 is 27.8. The Balaban J connectivity index is 1.52. The summed E-state index contributed by atoms with van der Waals surface area (Å²) >= 11 is 1.59. The molecule has 0 radical (unpaired) electrons. The summed E-state index contributed by atoms with van der Waals surface area (Å²) in [6.07, 6.45) is 3.22. The van der Waals surface area contributed by atoms with Gasteiger partial charge in [0.25, 0.3) is 0 Å². The monoisotopic (exact) mass is 457 g/mol. The topological polar surface area (TPSA) is 99.3 Å². The van der Waals surface area contributed by atoms with E-state index >= 15 is 0 Å². The minimum atomic E-state index is -3.76. The van der Waals surface area contributed by atoms with Crippen LogP contribution < -0.4 is 10.9 Å². The highest BCUT2D eigenvalue weighted by molar-refractivity contribution is 7.98. The molecule has 0 aliphatic carbocycles. The third kappa shape index (κ3) is 4.68. The lowest BCUT2D eigenvalue weighted by molar-refractivity contribution is -0.120. The molecule has 1 atom stereocenters. The Morgan fingerprint density at radius 1 is 1.16 bits per heavy atom. The number of fused-ring (bicyclic) bond motifs is 1. The van der Waals surface area contributed by atoms with E-state index in [0.29, 0.717) is 36.0 Å². The van der Waals surface area contributed by atoms with E-state index in [2.05, 4.69) is 10.3 Å². The van der Waals surface area contributed by atoms with Gasteiger partial charge in [-0.05, 0) is 66.9 Å². The summed E-state index contributed by atoms with van der Waals surface area (Å²) in [4.78, 5) is 28.1. The summed E-state index contributed by atoms with van der Waals surface area (Å²) in [6, 6.07) is 15.2. The van der Waals surface area contributed by atoms with Crippen LogP contribution >= 0.6 is 11.8 Å². The standard InChI is InChI=1S/C22H23N3O4S2/c1-30-18-6-2-5-17(13-18)23-22(27)16-4-3-11-25(14-16)31(28,29)19-8-9-20-15(12-19)7-10-21(26)24-20/h2,5-10,12-13,16H,3-4,11,14H2,1H3,(H,23,27)(H,24,26)/t16-/m0/s1. The number of piperidine rings is 1. The molecule has 0 bridgehead atoms. The van der Waals surface area contributed by atoms with E-state index in [4.69, 9.17) is 0 Å². The van der Waals surface area contributed by atoms with Gasteiger partial charge in [-0.25, -0.2) is 8.42 Å². The quantitative estimate of drug-likeness (QED) is 0.573. The first-order valence-electron chi connectivity index (χ1n) is 9.95. The molecule has 0 saturated carbocycles. The minimum Gasteiger partial charge on any atom is -0.326 e. The lowest BCUT2D eigenvalue weighted by Crippen LogP contribution is -2.43. The second-order valence-electron chi connectivity index (χ2n) is 7.50. The lowest BCUT2D eigenvalue weighted by Gasteiger charge is -2.31. The lowest BCUT2D eigenvalue weighted by atomic mass is 9.99. The summed E-state index contributed by atoms with van der Waals surface area (Å²) in [6.45, 7) is 0.512. The van der Waals surface area contributed by atoms with Crippen molar-refractivity contribution in [1.82, 2.24) is 9.29 Å². The molecule has 2 N–H and O–H groups in total. The van der Waals surface area contributed by atoms with Gasteiger partial charge in [0.2, 0.25) is 21.5 Å². The molecule has 1 aliphatic rings. The van der Waals surface area contributed by atoms with Gasteiger partial charge >= 0.3 is 0 Å². The molecule has 1 fully saturated rings. The maximum absolute atomic E-state index is 13.2. The molecule has 0 spiro atoms. The van der Waals surface area contributed by atoms with Crippen LogP contribution in [0.5, 0.6) is 0 Å². The van der Waals surface area contributed by atoms with Crippen LogP contribution in [0.25, 0.3) is 10.9 Å². The first-order valence-corrected chi connectivity index (χ1v) is 12.6. The van der Waals surface area contributed by atoms with E-state index in [1.54, 1.807) is 30.0 Å². The Hall–Kier alpha value is -2.62. The van der Waals surface area contributed by atoms with Crippen molar-refractivity contribution in [2.24, 2.45) is 5.92 Å². The maximum Gasteiger partial charge on any atom is 0.248 e. The molecule has 3 aromatic rings. The van der Waals surface area contributed by atoms with Crippen molar-refractivity contribution < 1.29 is 13.2 Å². The predicted molar refractivity (Wildman–Crippen MR) is 123 cm³/mol. The first kappa shape index (κ1) is 21.6. The van der Waals surface area contributed by atoms with Gasteiger partial charge in [-0.2, -0.15) is 4.31 Å². The Morgan fingerprint density at radius 2 is 2.00 bits per heavy atom. The number of benzene rings is 2. The van der Waals surface area contributed by atoms with Gasteiger partial charge in [0.05, 0.1) is 10.8 Å². The summed E-state index contributed by atoms with van der Waals surface area (Å²) in [5.74, 6) is -0.590. The van der Waals surface area contributed by atoms with Crippen LogP contribution in [0.15, 0.2) is 69.2 Å². The van der Waals surface area contributed by atoms with Gasteiger partial charge in [0.1, 0.15) is 0 Å². The van der Waals surface area contributed by atoms with Gasteiger partial charge in [0, 0.05) is 35.3 Å². The molecule has 7 nitrogen and oxygen atoms in total. The second kappa shape index (κ2) is 8.86. The average Bonchev–Trinajstić information content (AvgIpc) is 2.78. The van der Waals surface area contributed by atoms with Crippen molar-refractivity contribution in [3.8, 4) is 0 Å². The van der Waals surface area contributed by atoms with E-state index in [0.717, 1.165) is 4.90 Å². The highest BCUT2D eigenvalue weighted by Crippen LogP contribution is 2.27. The number of sulfonamides is 1. The van der Waals surface area contributed by atoms with Crippen molar-refractivity contribution in [3.05, 3.63) is 65.0 Å². The van der Waals surface area contributed by atoms with Crippen LogP contribution in [0, 0.1) is 5.92 Å². The largest absolute Gasteiger partial charge is 0.326 e. The molecule has 1 saturated heterocycles. The van der Waals surface area contributed by atoms with Crippen molar-refractivity contribution in [3.63, 3.8) is 0 Å². The number of hydrogen-bond acceptors (Lipinski definition) is 5. The number of pyridine rings is 1. The van der Waals surface area contributed by atoms with Gasteiger partial charge in [0.15, 0.2) is 0 Å². The number of rotatable bonds is 5. The van der Waals surface area contributed by atoms with E-state index in [1.807, 2.05) is 30.5 Å². The molecule has 2 heterocycles. The number of anilines is 1. The summed E-state index contributed by atoms with van der Waals surface area (Å²) in [7, 11) is -3.76. The molecule has 2 aromatic carbocycles. The van der Waals surface area contributed by atoms with Gasteiger partial charge in [-0.1, -0.05) is 6.07 Å². The van der Waals surface area contributed by atoms with Gasteiger partial charge < -0.3 is 10.3 Å². The highest BCUT2D eigenvalue weighted by atomic mass is 32.2. The van der Waals surface area contributed by atoms with Crippen LogP contribution in [0.4, 0.5) is 5.69 Å². The van der Waals surface area contributed by atoms with Gasteiger partial charge in [-0.3, -0.25) is 9.59 Å². The number of nitrogens with zero attached hydrogens (tertiary/aromatic N) is 1. The predicted octanol–water partition coefficient (Wildman–Crippen LogP) is 3.29. The molecule has 1 amide bonds. The Bertz CT molecular complexity index is 1290. The number of H-pyrrole nitrogens is 1. The van der Waals surface area contributed by atoms with E-state index < -0.39 is 15.9 Å². The molecule has 4 rings (SSSR count). The van der Waals surface area contributed by atoms with Crippen molar-refractivity contribution in [1.29, 1.82) is 0 Å². The SMILES string of the molecule is CSc1cccc(NC(=O)[C@H]2CCCN(S(=O)(=O)c3ccc4[nH]c(=O)ccc4c3)C2)c1. The third-order valence-electron chi connectivity index (χ3n) is 5.43. The molecule has 0 unspecified atom stereocenters. The fourth-order valence-corrected chi connectivity index (χ4v) is 5.78. The van der Waals surface area contributed by atoms with Crippen molar-refractivity contribution >= 4 is 44.3 Å². The zero-order valence-electron chi connectivity index (χ0n) is 17.0. The number of aromatic amines is 1. The Kier molecular flexibility index (Phi) is 6.17.